The fraction of sp³-hybridized carbons (Fsp3) is 0.455. The Morgan fingerprint density at radius 1 is 1.37 bits per heavy atom. The van der Waals surface area contributed by atoms with Crippen LogP contribution in [0.3, 0.4) is 0 Å². The Hall–Kier alpha value is -1.89. The average Bonchev–Trinajstić information content (AvgIpc) is 2.79. The summed E-state index contributed by atoms with van der Waals surface area (Å²) in [7, 11) is 1.86. The molecular weight excluding hydrogens is 268 g/mol. The van der Waals surface area contributed by atoms with Crippen molar-refractivity contribution in [3.63, 3.8) is 0 Å². The Labute approximate surface area is 116 Å². The summed E-state index contributed by atoms with van der Waals surface area (Å²) in [5.41, 5.74) is 1.02. The molecule has 0 spiro atoms. The number of hydrogen-bond acceptors (Lipinski definition) is 6. The zero-order valence-corrected chi connectivity index (χ0v) is 11.6. The highest BCUT2D eigenvalue weighted by Crippen LogP contribution is 2.12. The number of aryl methyl sites for hydroxylation is 1. The van der Waals surface area contributed by atoms with Gasteiger partial charge in [-0.3, -0.25) is 4.68 Å². The lowest BCUT2D eigenvalue weighted by molar-refractivity contribution is 0.291. The van der Waals surface area contributed by atoms with E-state index < -0.39 is 0 Å². The number of anilines is 1. The number of nitrogens with zero attached hydrogens (tertiary/aromatic N) is 5. The first-order valence-electron chi connectivity index (χ1n) is 5.93. The van der Waals surface area contributed by atoms with Gasteiger partial charge >= 0.3 is 6.01 Å². The van der Waals surface area contributed by atoms with Crippen LogP contribution in [0.4, 0.5) is 5.95 Å². The smallest absolute Gasteiger partial charge is 0.322 e. The van der Waals surface area contributed by atoms with Gasteiger partial charge in [0.05, 0.1) is 12.8 Å². The monoisotopic (exact) mass is 282 g/mol. The number of aromatic nitrogens is 5. The first-order valence-corrected chi connectivity index (χ1v) is 6.31. The van der Waals surface area contributed by atoms with Crippen molar-refractivity contribution in [1.82, 2.24) is 24.7 Å². The van der Waals surface area contributed by atoms with Crippen LogP contribution in [-0.4, -0.2) is 31.3 Å². The van der Waals surface area contributed by atoms with Crippen LogP contribution in [0.1, 0.15) is 18.9 Å². The van der Waals surface area contributed by atoms with Gasteiger partial charge in [-0.15, -0.1) is 0 Å². The van der Waals surface area contributed by atoms with Crippen LogP contribution in [0.5, 0.6) is 6.01 Å². The quantitative estimate of drug-likeness (QED) is 0.868. The third-order valence-corrected chi connectivity index (χ3v) is 2.40. The molecule has 0 aliphatic heterocycles. The molecule has 0 bridgehead atoms. The molecule has 102 valence electrons. The van der Waals surface area contributed by atoms with Crippen molar-refractivity contribution in [2.24, 2.45) is 7.05 Å². The van der Waals surface area contributed by atoms with Gasteiger partial charge in [-0.25, -0.2) is 0 Å². The summed E-state index contributed by atoms with van der Waals surface area (Å²) in [4.78, 5) is 12.0. The van der Waals surface area contributed by atoms with Gasteiger partial charge in [-0.05, 0) is 18.0 Å². The van der Waals surface area contributed by atoms with Gasteiger partial charge in [0, 0.05) is 25.4 Å². The summed E-state index contributed by atoms with van der Waals surface area (Å²) in [5.74, 6) is 0.384. The minimum atomic E-state index is 0.106. The molecule has 0 aliphatic rings. The maximum absolute atomic E-state index is 5.82. The molecule has 8 heteroatoms. The summed E-state index contributed by atoms with van der Waals surface area (Å²) in [6.45, 7) is 3.11. The lowest BCUT2D eigenvalue weighted by Crippen LogP contribution is -2.07. The molecule has 0 radical (unpaired) electrons. The van der Waals surface area contributed by atoms with E-state index in [9.17, 15) is 0 Å². The summed E-state index contributed by atoms with van der Waals surface area (Å²) < 4.78 is 7.06. The normalized spacial score (nSPS) is 10.5. The molecular formula is C11H15ClN6O. The van der Waals surface area contributed by atoms with Crippen molar-refractivity contribution >= 4 is 17.5 Å². The van der Waals surface area contributed by atoms with E-state index in [1.807, 2.05) is 20.2 Å². The van der Waals surface area contributed by atoms with E-state index in [4.69, 9.17) is 16.3 Å². The van der Waals surface area contributed by atoms with Gasteiger partial charge in [-0.1, -0.05) is 6.92 Å². The van der Waals surface area contributed by atoms with Crippen molar-refractivity contribution in [1.29, 1.82) is 0 Å². The number of hydrogen-bond donors (Lipinski definition) is 1. The van der Waals surface area contributed by atoms with E-state index in [0.717, 1.165) is 12.0 Å². The largest absolute Gasteiger partial charge is 0.463 e. The van der Waals surface area contributed by atoms with Gasteiger partial charge in [0.25, 0.3) is 0 Å². The maximum Gasteiger partial charge on any atom is 0.322 e. The second kappa shape index (κ2) is 6.33. The summed E-state index contributed by atoms with van der Waals surface area (Å²) >= 11 is 5.82. The summed E-state index contributed by atoms with van der Waals surface area (Å²) in [6.07, 6.45) is 4.55. The van der Waals surface area contributed by atoms with Gasteiger partial charge in [0.2, 0.25) is 11.2 Å². The number of ether oxygens (including phenoxy) is 1. The zero-order valence-electron chi connectivity index (χ0n) is 10.8. The molecule has 2 aromatic rings. The molecule has 19 heavy (non-hydrogen) atoms. The molecule has 2 aromatic heterocycles. The van der Waals surface area contributed by atoms with E-state index in [2.05, 4.69) is 25.4 Å². The highest BCUT2D eigenvalue weighted by molar-refractivity contribution is 6.28. The Kier molecular flexibility index (Phi) is 4.51. The predicted octanol–water partition coefficient (Wildman–Crippen LogP) is 1.66. The lowest BCUT2D eigenvalue weighted by Gasteiger charge is -2.06. The van der Waals surface area contributed by atoms with Gasteiger partial charge in [0.1, 0.15) is 0 Å². The lowest BCUT2D eigenvalue weighted by atomic mass is 10.4. The molecule has 0 fully saturated rings. The Morgan fingerprint density at radius 3 is 2.89 bits per heavy atom. The molecule has 7 nitrogen and oxygen atoms in total. The van der Waals surface area contributed by atoms with Gasteiger partial charge < -0.3 is 10.1 Å². The van der Waals surface area contributed by atoms with Crippen LogP contribution in [-0.2, 0) is 13.6 Å². The molecule has 1 N–H and O–H groups in total. The Morgan fingerprint density at radius 2 is 2.21 bits per heavy atom. The fourth-order valence-corrected chi connectivity index (χ4v) is 1.57. The van der Waals surface area contributed by atoms with Crippen LogP contribution in [0.15, 0.2) is 12.4 Å². The van der Waals surface area contributed by atoms with Crippen LogP contribution >= 0.6 is 11.6 Å². The second-order valence-electron chi connectivity index (χ2n) is 3.93. The van der Waals surface area contributed by atoms with Crippen molar-refractivity contribution < 1.29 is 4.74 Å². The molecule has 0 amide bonds. The van der Waals surface area contributed by atoms with E-state index in [1.165, 1.54) is 0 Å². The highest BCUT2D eigenvalue weighted by atomic mass is 35.5. The third kappa shape index (κ3) is 4.06. The molecule has 2 heterocycles. The van der Waals surface area contributed by atoms with Crippen LogP contribution in [0.25, 0.3) is 0 Å². The minimum absolute atomic E-state index is 0.106. The first kappa shape index (κ1) is 13.5. The maximum atomic E-state index is 5.82. The molecule has 0 saturated heterocycles. The van der Waals surface area contributed by atoms with Crippen LogP contribution in [0, 0.1) is 0 Å². The Bertz CT molecular complexity index is 544. The zero-order chi connectivity index (χ0) is 13.7. The molecule has 0 unspecified atom stereocenters. The van der Waals surface area contributed by atoms with E-state index >= 15 is 0 Å². The standard InChI is InChI=1S/C11H15ClN6O/c1-3-4-19-11-16-9(12)15-10(17-11)13-5-8-6-14-18(2)7-8/h6-7H,3-5H2,1-2H3,(H,13,15,16,17). The molecule has 0 aliphatic carbocycles. The van der Waals surface area contributed by atoms with Crippen molar-refractivity contribution in [2.45, 2.75) is 19.9 Å². The van der Waals surface area contributed by atoms with Crippen molar-refractivity contribution in [3.8, 4) is 6.01 Å². The summed E-state index contributed by atoms with van der Waals surface area (Å²) in [5, 5.41) is 7.24. The molecule has 2 rings (SSSR count). The number of nitrogens with one attached hydrogen (secondary N) is 1. The van der Waals surface area contributed by atoms with Crippen molar-refractivity contribution in [2.75, 3.05) is 11.9 Å². The number of halogens is 1. The van der Waals surface area contributed by atoms with Crippen LogP contribution in [0.2, 0.25) is 5.28 Å². The third-order valence-electron chi connectivity index (χ3n) is 2.23. The average molecular weight is 283 g/mol. The molecule has 0 saturated carbocycles. The number of rotatable bonds is 6. The van der Waals surface area contributed by atoms with Gasteiger partial charge in [0.15, 0.2) is 0 Å². The van der Waals surface area contributed by atoms with Gasteiger partial charge in [-0.2, -0.15) is 20.1 Å². The van der Waals surface area contributed by atoms with Crippen molar-refractivity contribution in [3.05, 3.63) is 23.2 Å². The minimum Gasteiger partial charge on any atom is -0.463 e. The van der Waals surface area contributed by atoms with E-state index in [-0.39, 0.29) is 11.3 Å². The SMILES string of the molecule is CCCOc1nc(Cl)nc(NCc2cnn(C)c2)n1. The molecule has 0 atom stereocenters. The second-order valence-corrected chi connectivity index (χ2v) is 4.27. The van der Waals surface area contributed by atoms with E-state index in [1.54, 1.807) is 10.9 Å². The van der Waals surface area contributed by atoms with E-state index in [0.29, 0.717) is 19.1 Å². The molecule has 0 aromatic carbocycles. The fourth-order valence-electron chi connectivity index (χ4n) is 1.41. The Balaban J connectivity index is 2.01. The first-order chi connectivity index (χ1) is 9.17. The topological polar surface area (TPSA) is 77.8 Å². The van der Waals surface area contributed by atoms with Crippen LogP contribution < -0.4 is 10.1 Å². The summed E-state index contributed by atoms with van der Waals surface area (Å²) in [6, 6.07) is 0.232. The highest BCUT2D eigenvalue weighted by Gasteiger charge is 2.06. The predicted molar refractivity (Wildman–Crippen MR) is 71.2 cm³/mol.